The summed E-state index contributed by atoms with van der Waals surface area (Å²) in [5.41, 5.74) is 0.779. The van der Waals surface area contributed by atoms with Gasteiger partial charge in [-0.3, -0.25) is 4.99 Å². The summed E-state index contributed by atoms with van der Waals surface area (Å²) in [6.45, 7) is 4.33. The molecule has 0 aliphatic carbocycles. The van der Waals surface area contributed by atoms with Gasteiger partial charge in [0.1, 0.15) is 22.9 Å². The predicted octanol–water partition coefficient (Wildman–Crippen LogP) is 3.19. The van der Waals surface area contributed by atoms with Gasteiger partial charge in [0.25, 0.3) is 0 Å². The Kier molecular flexibility index (Phi) is 6.81. The van der Waals surface area contributed by atoms with Crippen molar-refractivity contribution in [3.8, 4) is 17.2 Å². The van der Waals surface area contributed by atoms with Crippen molar-refractivity contribution in [2.24, 2.45) is 4.99 Å². The first-order valence-electron chi connectivity index (χ1n) is 8.46. The molecule has 7 nitrogen and oxygen atoms in total. The molecule has 0 aliphatic heterocycles. The number of hydrogen-bond donors (Lipinski definition) is 1. The molecule has 2 rings (SSSR count). The van der Waals surface area contributed by atoms with Crippen molar-refractivity contribution >= 4 is 21.9 Å². The number of methoxy groups -OCH3 is 2. The van der Waals surface area contributed by atoms with Crippen molar-refractivity contribution in [3.05, 3.63) is 42.0 Å². The lowest BCUT2D eigenvalue weighted by molar-refractivity contribution is 0.412. The molecule has 0 amide bonds. The van der Waals surface area contributed by atoms with Gasteiger partial charge in [-0.1, -0.05) is 13.8 Å². The molecule has 0 atom stereocenters. The molecule has 0 unspecified atom stereocenters. The first kappa shape index (κ1) is 20.7. The molecule has 0 spiro atoms. The van der Waals surface area contributed by atoms with Gasteiger partial charge in [-0.05, 0) is 36.4 Å². The Labute approximate surface area is 159 Å². The van der Waals surface area contributed by atoms with Crippen molar-refractivity contribution in [1.29, 1.82) is 0 Å². The van der Waals surface area contributed by atoms with Crippen LogP contribution in [0.4, 0.5) is 5.69 Å². The van der Waals surface area contributed by atoms with E-state index in [4.69, 9.17) is 9.47 Å². The van der Waals surface area contributed by atoms with E-state index in [1.165, 1.54) is 42.9 Å². The minimum absolute atomic E-state index is 0.0328. The zero-order chi connectivity index (χ0) is 20.0. The van der Waals surface area contributed by atoms with Gasteiger partial charge >= 0.3 is 0 Å². The van der Waals surface area contributed by atoms with Crippen LogP contribution in [0.1, 0.15) is 19.4 Å². The molecule has 0 radical (unpaired) electrons. The zero-order valence-corrected chi connectivity index (χ0v) is 16.7. The Morgan fingerprint density at radius 3 is 2.37 bits per heavy atom. The van der Waals surface area contributed by atoms with Gasteiger partial charge in [-0.15, -0.1) is 0 Å². The molecule has 8 heteroatoms. The molecule has 1 N–H and O–H groups in total. The largest absolute Gasteiger partial charge is 0.507 e. The van der Waals surface area contributed by atoms with Crippen LogP contribution < -0.4 is 9.47 Å². The van der Waals surface area contributed by atoms with Gasteiger partial charge in [-0.2, -0.15) is 4.31 Å². The number of aliphatic imine (C=N–C) groups is 1. The lowest BCUT2D eigenvalue weighted by Crippen LogP contribution is -2.30. The van der Waals surface area contributed by atoms with Crippen molar-refractivity contribution in [3.63, 3.8) is 0 Å². The predicted molar refractivity (Wildman–Crippen MR) is 105 cm³/mol. The van der Waals surface area contributed by atoms with Crippen molar-refractivity contribution in [2.45, 2.75) is 18.7 Å². The summed E-state index contributed by atoms with van der Waals surface area (Å²) in [5, 5.41) is 9.97. The molecule has 2 aromatic carbocycles. The Morgan fingerprint density at radius 1 is 1.07 bits per heavy atom. The Bertz CT molecular complexity index is 922. The molecular weight excluding hydrogens is 368 g/mol. The van der Waals surface area contributed by atoms with E-state index in [1.807, 2.05) is 0 Å². The summed E-state index contributed by atoms with van der Waals surface area (Å²) >= 11 is 0. The molecular formula is C19H24N2O5S. The third kappa shape index (κ3) is 4.58. The van der Waals surface area contributed by atoms with Crippen LogP contribution in [0, 0.1) is 0 Å². The maximum absolute atomic E-state index is 12.7. The van der Waals surface area contributed by atoms with E-state index in [-0.39, 0.29) is 10.6 Å². The number of benzene rings is 2. The highest BCUT2D eigenvalue weighted by Crippen LogP contribution is 2.32. The molecule has 0 aromatic heterocycles. The summed E-state index contributed by atoms with van der Waals surface area (Å²) in [7, 11) is -0.608. The average Bonchev–Trinajstić information content (AvgIpc) is 2.67. The van der Waals surface area contributed by atoms with E-state index >= 15 is 0 Å². The van der Waals surface area contributed by atoms with Crippen molar-refractivity contribution in [1.82, 2.24) is 4.31 Å². The second-order valence-corrected chi connectivity index (χ2v) is 7.54. The second kappa shape index (κ2) is 8.88. The Balaban J connectivity index is 2.48. The fourth-order valence-electron chi connectivity index (χ4n) is 2.55. The van der Waals surface area contributed by atoms with E-state index in [0.717, 1.165) is 0 Å². The van der Waals surface area contributed by atoms with E-state index in [1.54, 1.807) is 32.0 Å². The van der Waals surface area contributed by atoms with E-state index in [9.17, 15) is 13.5 Å². The quantitative estimate of drug-likeness (QED) is 0.697. The number of nitrogens with zero attached hydrogens (tertiary/aromatic N) is 2. The van der Waals surface area contributed by atoms with Crippen LogP contribution in [0.25, 0.3) is 0 Å². The first-order chi connectivity index (χ1) is 12.9. The van der Waals surface area contributed by atoms with Crippen LogP contribution in [0.15, 0.2) is 46.3 Å². The molecule has 0 bridgehead atoms. The highest BCUT2D eigenvalue weighted by Gasteiger charge is 2.22. The van der Waals surface area contributed by atoms with E-state index in [2.05, 4.69) is 4.99 Å². The number of ether oxygens (including phenoxy) is 2. The molecule has 0 heterocycles. The zero-order valence-electron chi connectivity index (χ0n) is 15.8. The standard InChI is InChI=1S/C19H24N2O5S/c1-5-21(6-2)27(23,24)16-8-10-19(26-4)17(12-16)20-13-14-11-15(25-3)7-9-18(14)22/h7-13,22H,5-6H2,1-4H3. The van der Waals surface area contributed by atoms with Gasteiger partial charge in [-0.25, -0.2) is 8.42 Å². The first-order valence-corrected chi connectivity index (χ1v) is 9.90. The van der Waals surface area contributed by atoms with Crippen LogP contribution in [0.2, 0.25) is 0 Å². The molecule has 146 valence electrons. The van der Waals surface area contributed by atoms with Crippen molar-refractivity contribution in [2.75, 3.05) is 27.3 Å². The van der Waals surface area contributed by atoms with E-state index in [0.29, 0.717) is 35.8 Å². The van der Waals surface area contributed by atoms with Crippen LogP contribution >= 0.6 is 0 Å². The van der Waals surface area contributed by atoms with Crippen molar-refractivity contribution < 1.29 is 23.0 Å². The number of aromatic hydroxyl groups is 1. The summed E-state index contributed by atoms with van der Waals surface area (Å²) in [6, 6.07) is 9.27. The minimum atomic E-state index is -3.62. The number of rotatable bonds is 8. The number of sulfonamides is 1. The molecule has 0 saturated heterocycles. The Hall–Kier alpha value is -2.58. The summed E-state index contributed by atoms with van der Waals surface area (Å²) in [5.74, 6) is 1.02. The summed E-state index contributed by atoms with van der Waals surface area (Å²) < 4.78 is 37.3. The molecule has 0 aliphatic rings. The maximum Gasteiger partial charge on any atom is 0.243 e. The smallest absolute Gasteiger partial charge is 0.243 e. The van der Waals surface area contributed by atoms with Crippen LogP contribution in [-0.2, 0) is 10.0 Å². The molecule has 0 fully saturated rings. The van der Waals surface area contributed by atoms with Gasteiger partial charge in [0.15, 0.2) is 0 Å². The lowest BCUT2D eigenvalue weighted by Gasteiger charge is -2.19. The van der Waals surface area contributed by atoms with Gasteiger partial charge in [0.05, 0.1) is 19.1 Å². The summed E-state index contributed by atoms with van der Waals surface area (Å²) in [4.78, 5) is 4.45. The highest BCUT2D eigenvalue weighted by molar-refractivity contribution is 7.89. The number of hydrogen-bond acceptors (Lipinski definition) is 6. The molecule has 0 saturated carbocycles. The lowest BCUT2D eigenvalue weighted by atomic mass is 10.2. The third-order valence-electron chi connectivity index (χ3n) is 4.07. The number of phenols is 1. The Morgan fingerprint density at radius 2 is 1.78 bits per heavy atom. The van der Waals surface area contributed by atoms with Gasteiger partial charge in [0, 0.05) is 24.9 Å². The molecule has 2 aromatic rings. The second-order valence-electron chi connectivity index (χ2n) is 5.61. The SMILES string of the molecule is CCN(CC)S(=O)(=O)c1ccc(OC)c(N=Cc2cc(OC)ccc2O)c1. The van der Waals surface area contributed by atoms with E-state index < -0.39 is 10.0 Å². The van der Waals surface area contributed by atoms with Gasteiger partial charge in [0.2, 0.25) is 10.0 Å². The highest BCUT2D eigenvalue weighted by atomic mass is 32.2. The topological polar surface area (TPSA) is 88.4 Å². The summed E-state index contributed by atoms with van der Waals surface area (Å²) in [6.07, 6.45) is 1.43. The fourth-order valence-corrected chi connectivity index (χ4v) is 4.02. The monoisotopic (exact) mass is 392 g/mol. The van der Waals surface area contributed by atoms with Crippen LogP contribution in [0.3, 0.4) is 0 Å². The normalized spacial score (nSPS) is 11.9. The fraction of sp³-hybridized carbons (Fsp3) is 0.316. The minimum Gasteiger partial charge on any atom is -0.507 e. The number of phenolic OH excluding ortho intramolecular Hbond substituents is 1. The van der Waals surface area contributed by atoms with Gasteiger partial charge < -0.3 is 14.6 Å². The van der Waals surface area contributed by atoms with Crippen LogP contribution in [0.5, 0.6) is 17.2 Å². The molecule has 27 heavy (non-hydrogen) atoms. The van der Waals surface area contributed by atoms with Crippen LogP contribution in [-0.4, -0.2) is 51.4 Å². The maximum atomic E-state index is 12.7. The third-order valence-corrected chi connectivity index (χ3v) is 6.12. The average molecular weight is 392 g/mol.